The lowest BCUT2D eigenvalue weighted by Gasteiger charge is -2.04. The minimum absolute atomic E-state index is 0.195. The van der Waals surface area contributed by atoms with E-state index in [1.54, 1.807) is 32.0 Å². The van der Waals surface area contributed by atoms with E-state index in [-0.39, 0.29) is 16.8 Å². The highest BCUT2D eigenvalue weighted by Crippen LogP contribution is 2.27. The number of nitrogens with zero attached hydrogens (tertiary/aromatic N) is 5. The van der Waals surface area contributed by atoms with Gasteiger partial charge in [-0.15, -0.1) is 0 Å². The van der Waals surface area contributed by atoms with Crippen LogP contribution in [0.15, 0.2) is 38.5 Å². The van der Waals surface area contributed by atoms with Crippen molar-refractivity contribution in [2.75, 3.05) is 0 Å². The van der Waals surface area contributed by atoms with Crippen LogP contribution in [0.25, 0.3) is 22.6 Å². The van der Waals surface area contributed by atoms with E-state index in [9.17, 15) is 9.18 Å². The van der Waals surface area contributed by atoms with Gasteiger partial charge in [-0.25, -0.2) is 15.1 Å². The Morgan fingerprint density at radius 1 is 1.36 bits per heavy atom. The summed E-state index contributed by atoms with van der Waals surface area (Å²) < 4.78 is 25.6. The minimum atomic E-state index is -0.545. The second-order valence-electron chi connectivity index (χ2n) is 6.09. The number of nitrogens with one attached hydrogen (secondary N) is 1. The normalized spacial score (nSPS) is 11.6. The Morgan fingerprint density at radius 2 is 2.18 bits per heavy atom. The van der Waals surface area contributed by atoms with Crippen LogP contribution in [0.4, 0.5) is 4.39 Å². The summed E-state index contributed by atoms with van der Waals surface area (Å²) in [7, 11) is 1.48. The molecular formula is C18H15FN6O3. The van der Waals surface area contributed by atoms with Gasteiger partial charge < -0.3 is 8.94 Å². The SMILES string of the molecule is Cc1nn(C)c(F)c1/C=N/NC(=O)c1cc(-c2ccco2)nc2onc(C)c12. The molecule has 142 valence electrons. The molecule has 0 aliphatic carbocycles. The largest absolute Gasteiger partial charge is 0.463 e. The predicted molar refractivity (Wildman–Crippen MR) is 97.2 cm³/mol. The molecule has 0 saturated heterocycles. The van der Waals surface area contributed by atoms with Crippen molar-refractivity contribution in [1.29, 1.82) is 0 Å². The highest BCUT2D eigenvalue weighted by atomic mass is 19.1. The monoisotopic (exact) mass is 382 g/mol. The Morgan fingerprint density at radius 3 is 2.86 bits per heavy atom. The number of pyridine rings is 1. The van der Waals surface area contributed by atoms with Gasteiger partial charge in [0.05, 0.1) is 40.4 Å². The van der Waals surface area contributed by atoms with E-state index in [0.29, 0.717) is 28.2 Å². The number of furan rings is 1. The molecule has 0 aliphatic heterocycles. The molecule has 0 bridgehead atoms. The molecule has 0 atom stereocenters. The van der Waals surface area contributed by atoms with Gasteiger partial charge in [0.2, 0.25) is 5.95 Å². The average Bonchev–Trinajstić information content (AvgIpc) is 3.38. The molecule has 0 aromatic carbocycles. The van der Waals surface area contributed by atoms with Gasteiger partial charge in [0.25, 0.3) is 11.6 Å². The highest BCUT2D eigenvalue weighted by molar-refractivity contribution is 6.07. The molecule has 0 saturated carbocycles. The van der Waals surface area contributed by atoms with Gasteiger partial charge >= 0.3 is 0 Å². The maximum absolute atomic E-state index is 14.0. The van der Waals surface area contributed by atoms with Crippen LogP contribution in [0.5, 0.6) is 0 Å². The molecule has 4 heterocycles. The third kappa shape index (κ3) is 2.94. The zero-order valence-corrected chi connectivity index (χ0v) is 15.2. The van der Waals surface area contributed by atoms with Crippen molar-refractivity contribution in [1.82, 2.24) is 25.3 Å². The maximum Gasteiger partial charge on any atom is 0.272 e. The van der Waals surface area contributed by atoms with E-state index in [2.05, 4.69) is 25.8 Å². The molecule has 0 aliphatic rings. The number of amides is 1. The molecule has 0 spiro atoms. The van der Waals surface area contributed by atoms with Crippen LogP contribution in [0, 0.1) is 19.8 Å². The zero-order valence-electron chi connectivity index (χ0n) is 15.2. The molecule has 0 radical (unpaired) electrons. The van der Waals surface area contributed by atoms with Crippen molar-refractivity contribution >= 4 is 23.2 Å². The van der Waals surface area contributed by atoms with E-state index in [1.807, 2.05) is 0 Å². The van der Waals surface area contributed by atoms with E-state index in [1.165, 1.54) is 19.5 Å². The summed E-state index contributed by atoms with van der Waals surface area (Å²) in [4.78, 5) is 17.1. The van der Waals surface area contributed by atoms with Gasteiger partial charge in [-0.2, -0.15) is 14.6 Å². The molecule has 4 rings (SSSR count). The summed E-state index contributed by atoms with van der Waals surface area (Å²) in [6.45, 7) is 3.35. The maximum atomic E-state index is 14.0. The first-order valence-electron chi connectivity index (χ1n) is 8.29. The lowest BCUT2D eigenvalue weighted by molar-refractivity contribution is 0.0956. The summed E-state index contributed by atoms with van der Waals surface area (Å²) >= 11 is 0. The highest BCUT2D eigenvalue weighted by Gasteiger charge is 2.20. The van der Waals surface area contributed by atoms with Crippen LogP contribution in [0.2, 0.25) is 0 Å². The number of halogens is 1. The Labute approximate surface area is 157 Å². The number of hydrazone groups is 1. The van der Waals surface area contributed by atoms with E-state index in [0.717, 1.165) is 4.68 Å². The van der Waals surface area contributed by atoms with Gasteiger partial charge in [-0.1, -0.05) is 5.16 Å². The van der Waals surface area contributed by atoms with Crippen molar-refractivity contribution in [3.63, 3.8) is 0 Å². The van der Waals surface area contributed by atoms with Crippen molar-refractivity contribution in [3.8, 4) is 11.5 Å². The van der Waals surface area contributed by atoms with Crippen molar-refractivity contribution in [2.45, 2.75) is 13.8 Å². The number of carbonyl (C=O) groups excluding carboxylic acids is 1. The van der Waals surface area contributed by atoms with Crippen LogP contribution >= 0.6 is 0 Å². The number of rotatable bonds is 4. The van der Waals surface area contributed by atoms with Gasteiger partial charge in [0, 0.05) is 7.05 Å². The van der Waals surface area contributed by atoms with Crippen LogP contribution in [-0.4, -0.2) is 32.0 Å². The first kappa shape index (κ1) is 17.6. The van der Waals surface area contributed by atoms with Gasteiger partial charge in [-0.05, 0) is 32.0 Å². The molecule has 10 heteroatoms. The molecule has 4 aromatic rings. The Kier molecular flexibility index (Phi) is 4.22. The van der Waals surface area contributed by atoms with Crippen LogP contribution < -0.4 is 5.43 Å². The lowest BCUT2D eigenvalue weighted by Crippen LogP contribution is -2.18. The zero-order chi connectivity index (χ0) is 19.8. The number of aromatic nitrogens is 4. The minimum Gasteiger partial charge on any atom is -0.463 e. The summed E-state index contributed by atoms with van der Waals surface area (Å²) in [6.07, 6.45) is 2.71. The van der Waals surface area contributed by atoms with Crippen LogP contribution in [0.1, 0.15) is 27.3 Å². The summed E-state index contributed by atoms with van der Waals surface area (Å²) in [5.74, 6) is -0.594. The third-order valence-corrected chi connectivity index (χ3v) is 4.19. The molecule has 28 heavy (non-hydrogen) atoms. The number of hydrogen-bond donors (Lipinski definition) is 1. The van der Waals surface area contributed by atoms with Gasteiger partial charge in [0.15, 0.2) is 5.76 Å². The van der Waals surface area contributed by atoms with Crippen molar-refractivity contribution < 1.29 is 18.1 Å². The molecule has 0 fully saturated rings. The van der Waals surface area contributed by atoms with E-state index < -0.39 is 11.9 Å². The fourth-order valence-electron chi connectivity index (χ4n) is 2.83. The van der Waals surface area contributed by atoms with Crippen molar-refractivity contribution in [2.24, 2.45) is 12.1 Å². The fraction of sp³-hybridized carbons (Fsp3) is 0.167. The predicted octanol–water partition coefficient (Wildman–Crippen LogP) is 2.74. The number of carbonyl (C=O) groups is 1. The third-order valence-electron chi connectivity index (χ3n) is 4.19. The second-order valence-corrected chi connectivity index (χ2v) is 6.09. The number of hydrogen-bond acceptors (Lipinski definition) is 7. The smallest absolute Gasteiger partial charge is 0.272 e. The number of aryl methyl sites for hydroxylation is 3. The lowest BCUT2D eigenvalue weighted by atomic mass is 10.1. The standard InChI is InChI=1S/C18H15FN6O3/c1-9-12(16(19)25(3)23-9)8-20-22-17(26)11-7-13(14-5-4-6-27-14)21-18-15(11)10(2)24-28-18/h4-8H,1-3H3,(H,22,26)/b20-8+. The summed E-state index contributed by atoms with van der Waals surface area (Å²) in [5.41, 5.74) is 4.43. The van der Waals surface area contributed by atoms with Crippen LogP contribution in [0.3, 0.4) is 0 Å². The Balaban J connectivity index is 1.68. The molecule has 1 N–H and O–H groups in total. The van der Waals surface area contributed by atoms with Crippen molar-refractivity contribution in [3.05, 3.63) is 52.9 Å². The fourth-order valence-corrected chi connectivity index (χ4v) is 2.83. The van der Waals surface area contributed by atoms with Gasteiger partial charge in [-0.3, -0.25) is 4.79 Å². The molecule has 0 unspecified atom stereocenters. The van der Waals surface area contributed by atoms with E-state index >= 15 is 0 Å². The first-order chi connectivity index (χ1) is 13.5. The van der Waals surface area contributed by atoms with E-state index in [4.69, 9.17) is 8.94 Å². The summed E-state index contributed by atoms with van der Waals surface area (Å²) in [5, 5.41) is 12.1. The Hall–Kier alpha value is -3.82. The van der Waals surface area contributed by atoms with Gasteiger partial charge in [0.1, 0.15) is 5.69 Å². The number of fused-ring (bicyclic) bond motifs is 1. The first-order valence-corrected chi connectivity index (χ1v) is 8.29. The van der Waals surface area contributed by atoms with Crippen LogP contribution in [-0.2, 0) is 7.05 Å². The average molecular weight is 382 g/mol. The quantitative estimate of drug-likeness (QED) is 0.429. The summed E-state index contributed by atoms with van der Waals surface area (Å²) in [6, 6.07) is 4.99. The second kappa shape index (κ2) is 6.72. The topological polar surface area (TPSA) is 111 Å². The Bertz CT molecular complexity index is 1210. The molecule has 1 amide bonds. The molecule has 4 aromatic heterocycles. The molecular weight excluding hydrogens is 367 g/mol. The molecule has 9 nitrogen and oxygen atoms in total.